The predicted octanol–water partition coefficient (Wildman–Crippen LogP) is -0.0288. The Morgan fingerprint density at radius 1 is 1.31 bits per heavy atom. The zero-order chi connectivity index (χ0) is 18.7. The van der Waals surface area contributed by atoms with Crippen molar-refractivity contribution in [2.75, 3.05) is 25.9 Å². The molecule has 12 heteroatoms. The molecule has 0 atom stereocenters. The summed E-state index contributed by atoms with van der Waals surface area (Å²) in [5, 5.41) is 10.3. The Hall–Kier alpha value is -2.57. The summed E-state index contributed by atoms with van der Waals surface area (Å²) in [6.07, 6.45) is 2.08. The average Bonchev–Trinajstić information content (AvgIpc) is 3.20. The maximum atomic E-state index is 12.8. The minimum Gasteiger partial charge on any atom is -0.379 e. The van der Waals surface area contributed by atoms with Crippen LogP contribution in [0.15, 0.2) is 21.8 Å². The number of fused-ring (bicyclic) bond motifs is 1. The number of pyridine rings is 1. The lowest BCUT2D eigenvalue weighted by molar-refractivity contribution is 0.310. The van der Waals surface area contributed by atoms with Crippen LogP contribution in [0.3, 0.4) is 0 Å². The molecule has 0 saturated carbocycles. The van der Waals surface area contributed by atoms with Gasteiger partial charge < -0.3 is 15.6 Å². The Balaban J connectivity index is 2.10. The lowest BCUT2D eigenvalue weighted by atomic mass is 10.4. The first-order valence-corrected chi connectivity index (χ1v) is 9.55. The van der Waals surface area contributed by atoms with Gasteiger partial charge in [-0.15, -0.1) is 0 Å². The summed E-state index contributed by atoms with van der Waals surface area (Å²) in [4.78, 5) is 8.66. The van der Waals surface area contributed by atoms with E-state index < -0.39 is 10.0 Å². The van der Waals surface area contributed by atoms with Crippen molar-refractivity contribution in [1.82, 2.24) is 34.9 Å². The summed E-state index contributed by atoms with van der Waals surface area (Å²) in [5.74, 6) is 0.427. The molecule has 0 radical (unpaired) electrons. The smallest absolute Gasteiger partial charge is 0.242 e. The SMILES string of the molecule is CCn1c(-c2nonc2N)nc2nccc(S(=O)(=O)NCCCNC)c21. The van der Waals surface area contributed by atoms with Crippen molar-refractivity contribution in [3.8, 4) is 11.5 Å². The number of anilines is 1. The van der Waals surface area contributed by atoms with E-state index >= 15 is 0 Å². The standard InChI is InChI=1S/C14H20N8O3S/c1-3-22-11-9(26(23,24)18-7-4-6-16-2)5-8-17-13(11)19-14(22)10-12(15)21-25-20-10/h5,8,16,18H,3-4,6-7H2,1-2H3,(H2,15,21). The van der Waals surface area contributed by atoms with E-state index in [1.54, 1.807) is 4.57 Å². The highest BCUT2D eigenvalue weighted by Crippen LogP contribution is 2.29. The molecule has 3 aromatic heterocycles. The predicted molar refractivity (Wildman–Crippen MR) is 94.6 cm³/mol. The molecular formula is C14H20N8O3S. The van der Waals surface area contributed by atoms with Gasteiger partial charge in [-0.3, -0.25) is 0 Å². The van der Waals surface area contributed by atoms with Crippen LogP contribution < -0.4 is 15.8 Å². The highest BCUT2D eigenvalue weighted by atomic mass is 32.2. The van der Waals surface area contributed by atoms with Crippen LogP contribution in [0.1, 0.15) is 13.3 Å². The molecule has 0 aliphatic rings. The van der Waals surface area contributed by atoms with E-state index in [9.17, 15) is 8.42 Å². The van der Waals surface area contributed by atoms with Crippen molar-refractivity contribution in [2.24, 2.45) is 0 Å². The third kappa shape index (κ3) is 3.25. The lowest BCUT2D eigenvalue weighted by Crippen LogP contribution is -2.27. The summed E-state index contributed by atoms with van der Waals surface area (Å²) < 4.78 is 34.5. The van der Waals surface area contributed by atoms with E-state index in [1.807, 2.05) is 14.0 Å². The highest BCUT2D eigenvalue weighted by Gasteiger charge is 2.25. The van der Waals surface area contributed by atoms with Crippen LogP contribution in [0.4, 0.5) is 5.82 Å². The largest absolute Gasteiger partial charge is 0.379 e. The number of nitrogens with zero attached hydrogens (tertiary/aromatic N) is 5. The first-order chi connectivity index (χ1) is 12.5. The normalized spacial score (nSPS) is 12.1. The second-order valence-corrected chi connectivity index (χ2v) is 7.25. The van der Waals surface area contributed by atoms with Gasteiger partial charge in [0.2, 0.25) is 10.0 Å². The Labute approximate surface area is 150 Å². The Bertz CT molecular complexity index is 1010. The fourth-order valence-corrected chi connectivity index (χ4v) is 3.90. The summed E-state index contributed by atoms with van der Waals surface area (Å²) in [7, 11) is -1.92. The van der Waals surface area contributed by atoms with Gasteiger partial charge in [-0.05, 0) is 43.3 Å². The Morgan fingerprint density at radius 3 is 2.77 bits per heavy atom. The molecule has 4 N–H and O–H groups in total. The number of sulfonamides is 1. The molecule has 0 aliphatic carbocycles. The number of nitrogens with two attached hydrogens (primary N) is 1. The van der Waals surface area contributed by atoms with E-state index in [2.05, 4.69) is 34.9 Å². The van der Waals surface area contributed by atoms with E-state index in [4.69, 9.17) is 5.73 Å². The number of rotatable bonds is 8. The fraction of sp³-hybridized carbons (Fsp3) is 0.429. The number of imidazole rings is 1. The zero-order valence-corrected chi connectivity index (χ0v) is 15.2. The van der Waals surface area contributed by atoms with Crippen LogP contribution >= 0.6 is 0 Å². The van der Waals surface area contributed by atoms with Crippen molar-refractivity contribution < 1.29 is 13.0 Å². The third-order valence-electron chi connectivity index (χ3n) is 3.83. The van der Waals surface area contributed by atoms with E-state index in [0.717, 1.165) is 0 Å². The molecule has 0 aliphatic heterocycles. The number of nitrogens with one attached hydrogen (secondary N) is 2. The minimum atomic E-state index is -3.73. The number of nitrogen functional groups attached to an aromatic ring is 1. The number of aromatic nitrogens is 5. The maximum absolute atomic E-state index is 12.8. The van der Waals surface area contributed by atoms with Crippen molar-refractivity contribution in [3.63, 3.8) is 0 Å². The lowest BCUT2D eigenvalue weighted by Gasteiger charge is -2.10. The second kappa shape index (κ2) is 7.35. The second-order valence-electron chi connectivity index (χ2n) is 5.51. The van der Waals surface area contributed by atoms with Crippen molar-refractivity contribution >= 4 is 27.0 Å². The van der Waals surface area contributed by atoms with E-state index in [1.165, 1.54) is 12.3 Å². The number of hydrogen-bond acceptors (Lipinski definition) is 9. The Morgan fingerprint density at radius 2 is 2.12 bits per heavy atom. The van der Waals surface area contributed by atoms with Crippen LogP contribution in [0, 0.1) is 0 Å². The van der Waals surface area contributed by atoms with Gasteiger partial charge in [0.25, 0.3) is 0 Å². The van der Waals surface area contributed by atoms with E-state index in [-0.39, 0.29) is 22.1 Å². The van der Waals surface area contributed by atoms with Crippen molar-refractivity contribution in [1.29, 1.82) is 0 Å². The monoisotopic (exact) mass is 380 g/mol. The highest BCUT2D eigenvalue weighted by molar-refractivity contribution is 7.89. The molecule has 11 nitrogen and oxygen atoms in total. The van der Waals surface area contributed by atoms with Gasteiger partial charge in [0.05, 0.1) is 0 Å². The molecular weight excluding hydrogens is 360 g/mol. The van der Waals surface area contributed by atoms with Crippen molar-refractivity contribution in [3.05, 3.63) is 12.3 Å². The molecule has 140 valence electrons. The van der Waals surface area contributed by atoms with Crippen LogP contribution in [0.5, 0.6) is 0 Å². The molecule has 0 amide bonds. The summed E-state index contributed by atoms with van der Waals surface area (Å²) in [6.45, 7) is 3.33. The molecule has 0 bridgehead atoms. The summed E-state index contributed by atoms with van der Waals surface area (Å²) >= 11 is 0. The number of aryl methyl sites for hydroxylation is 1. The van der Waals surface area contributed by atoms with E-state index in [0.29, 0.717) is 37.4 Å². The number of hydrogen-bond donors (Lipinski definition) is 3. The third-order valence-corrected chi connectivity index (χ3v) is 5.33. The molecule has 3 aromatic rings. The quantitative estimate of drug-likeness (QED) is 0.457. The van der Waals surface area contributed by atoms with Crippen LogP contribution in [0.25, 0.3) is 22.7 Å². The molecule has 0 aromatic carbocycles. The van der Waals surface area contributed by atoms with Crippen LogP contribution in [-0.4, -0.2) is 53.4 Å². The van der Waals surface area contributed by atoms with Crippen LogP contribution in [0.2, 0.25) is 0 Å². The molecule has 0 fully saturated rings. The zero-order valence-electron chi connectivity index (χ0n) is 14.4. The summed E-state index contributed by atoms with van der Waals surface area (Å²) in [6, 6.07) is 1.45. The molecule has 0 spiro atoms. The minimum absolute atomic E-state index is 0.0737. The van der Waals surface area contributed by atoms with Gasteiger partial charge >= 0.3 is 0 Å². The first kappa shape index (κ1) is 18.2. The summed E-state index contributed by atoms with van der Waals surface area (Å²) in [5.41, 5.74) is 6.67. The van der Waals surface area contributed by atoms with Gasteiger partial charge in [-0.2, -0.15) is 0 Å². The van der Waals surface area contributed by atoms with Gasteiger partial charge in [0, 0.05) is 19.3 Å². The fourth-order valence-electron chi connectivity index (χ4n) is 2.63. The van der Waals surface area contributed by atoms with Gasteiger partial charge in [-0.1, -0.05) is 0 Å². The first-order valence-electron chi connectivity index (χ1n) is 8.07. The topological polar surface area (TPSA) is 154 Å². The van der Waals surface area contributed by atoms with Gasteiger partial charge in [0.15, 0.2) is 23.0 Å². The van der Waals surface area contributed by atoms with Gasteiger partial charge in [0.1, 0.15) is 10.4 Å². The molecule has 0 saturated heterocycles. The molecule has 3 heterocycles. The van der Waals surface area contributed by atoms with Gasteiger partial charge in [-0.25, -0.2) is 27.7 Å². The Kier molecular flexibility index (Phi) is 5.15. The molecule has 26 heavy (non-hydrogen) atoms. The molecule has 0 unspecified atom stereocenters. The van der Waals surface area contributed by atoms with Crippen molar-refractivity contribution in [2.45, 2.75) is 24.8 Å². The maximum Gasteiger partial charge on any atom is 0.242 e. The average molecular weight is 380 g/mol. The van der Waals surface area contributed by atoms with Crippen LogP contribution in [-0.2, 0) is 16.6 Å². The molecule has 3 rings (SSSR count).